The van der Waals surface area contributed by atoms with Crippen molar-refractivity contribution in [1.29, 1.82) is 5.41 Å². The van der Waals surface area contributed by atoms with E-state index in [1.54, 1.807) is 43.3 Å². The van der Waals surface area contributed by atoms with E-state index in [4.69, 9.17) is 45.1 Å². The first-order valence-corrected chi connectivity index (χ1v) is 11.9. The van der Waals surface area contributed by atoms with Crippen LogP contribution in [0, 0.1) is 5.41 Å². The van der Waals surface area contributed by atoms with E-state index in [-0.39, 0.29) is 25.7 Å². The number of esters is 1. The highest BCUT2D eigenvalue weighted by atomic mass is 16.5. The molecule has 2 rings (SSSR count). The van der Waals surface area contributed by atoms with Gasteiger partial charge in [0.25, 0.3) is 5.97 Å². The number of rotatable bonds is 14. The van der Waals surface area contributed by atoms with Crippen molar-refractivity contribution < 1.29 is 38.7 Å². The number of aliphatic carboxylic acids is 1. The molecule has 0 aliphatic carbocycles. The molecule has 204 valence electrons. The highest BCUT2D eigenvalue weighted by Crippen LogP contribution is 2.39. The minimum Gasteiger partial charge on any atom is -0.493 e. The summed E-state index contributed by atoms with van der Waals surface area (Å²) in [6, 6.07) is 9.33. The van der Waals surface area contributed by atoms with Crippen molar-refractivity contribution in [2.75, 3.05) is 38.4 Å². The Morgan fingerprint density at radius 1 is 0.973 bits per heavy atom. The number of aliphatic hydroxyl groups is 1. The van der Waals surface area contributed by atoms with E-state index in [1.165, 1.54) is 0 Å². The molecule has 11 heteroatoms. The maximum Gasteiger partial charge on any atom is 0.333 e. The van der Waals surface area contributed by atoms with E-state index < -0.39 is 18.0 Å². The molecule has 1 unspecified atom stereocenters. The zero-order valence-corrected chi connectivity index (χ0v) is 21.7. The second kappa shape index (κ2) is 16.6. The molecular weight excluding hydrogens is 482 g/mol. The van der Waals surface area contributed by atoms with Crippen LogP contribution in [0.4, 0.5) is 5.69 Å². The molecule has 0 aromatic heterocycles. The molecular formula is C26H37N3O8. The molecule has 2 aromatic rings. The molecule has 1 atom stereocenters. The SMILES string of the molecule is CC(=O)O.CCOC(=O)C(Nc1ccc(C(=N)N)cc1)c1cc(OCC)c(OCC)cc1OCCCO. The quantitative estimate of drug-likeness (QED) is 0.108. The van der Waals surface area contributed by atoms with E-state index in [0.29, 0.717) is 53.7 Å². The molecule has 0 amide bonds. The Hall–Kier alpha value is -3.99. The van der Waals surface area contributed by atoms with Crippen LogP contribution in [0.25, 0.3) is 0 Å². The average Bonchev–Trinajstić information content (AvgIpc) is 2.84. The summed E-state index contributed by atoms with van der Waals surface area (Å²) in [5, 5.41) is 27.3. The van der Waals surface area contributed by atoms with Gasteiger partial charge in [-0.3, -0.25) is 10.2 Å². The van der Waals surface area contributed by atoms with Crippen LogP contribution in [0.1, 0.15) is 51.3 Å². The third-order valence-corrected chi connectivity index (χ3v) is 4.58. The lowest BCUT2D eigenvalue weighted by Crippen LogP contribution is -2.24. The minimum atomic E-state index is -0.910. The number of nitrogens with one attached hydrogen (secondary N) is 2. The molecule has 0 bridgehead atoms. The van der Waals surface area contributed by atoms with Crippen LogP contribution in [0.15, 0.2) is 36.4 Å². The number of amidine groups is 1. The van der Waals surface area contributed by atoms with E-state index >= 15 is 0 Å². The van der Waals surface area contributed by atoms with Crippen LogP contribution >= 0.6 is 0 Å². The first-order chi connectivity index (χ1) is 17.7. The summed E-state index contributed by atoms with van der Waals surface area (Å²) in [6.07, 6.45) is 0.431. The van der Waals surface area contributed by atoms with Gasteiger partial charge in [-0.2, -0.15) is 0 Å². The highest BCUT2D eigenvalue weighted by molar-refractivity contribution is 5.95. The maximum atomic E-state index is 13.0. The smallest absolute Gasteiger partial charge is 0.333 e. The fourth-order valence-electron chi connectivity index (χ4n) is 3.09. The molecule has 0 saturated carbocycles. The predicted molar refractivity (Wildman–Crippen MR) is 140 cm³/mol. The topological polar surface area (TPSA) is 173 Å². The van der Waals surface area contributed by atoms with Crippen LogP contribution in [0.2, 0.25) is 0 Å². The molecule has 0 aliphatic heterocycles. The molecule has 0 aliphatic rings. The Morgan fingerprint density at radius 2 is 1.54 bits per heavy atom. The Morgan fingerprint density at radius 3 is 2.03 bits per heavy atom. The van der Waals surface area contributed by atoms with Gasteiger partial charge in [0.1, 0.15) is 11.6 Å². The Labute approximate surface area is 217 Å². The summed E-state index contributed by atoms with van der Waals surface area (Å²) in [5.41, 5.74) is 7.24. The van der Waals surface area contributed by atoms with Crippen molar-refractivity contribution in [2.45, 2.75) is 40.2 Å². The van der Waals surface area contributed by atoms with Crippen molar-refractivity contribution >= 4 is 23.5 Å². The monoisotopic (exact) mass is 519 g/mol. The van der Waals surface area contributed by atoms with Gasteiger partial charge in [0, 0.05) is 42.8 Å². The highest BCUT2D eigenvalue weighted by Gasteiger charge is 2.28. The number of aliphatic hydroxyl groups excluding tert-OH is 1. The van der Waals surface area contributed by atoms with Crippen molar-refractivity contribution in [1.82, 2.24) is 0 Å². The van der Waals surface area contributed by atoms with E-state index in [9.17, 15) is 4.79 Å². The summed E-state index contributed by atoms with van der Waals surface area (Å²) in [6.45, 7) is 7.82. The average molecular weight is 520 g/mol. The van der Waals surface area contributed by atoms with Crippen molar-refractivity contribution in [3.8, 4) is 17.2 Å². The Balaban J connectivity index is 0.00000159. The summed E-state index contributed by atoms with van der Waals surface area (Å²) < 4.78 is 22.7. The molecule has 2 aromatic carbocycles. The zero-order chi connectivity index (χ0) is 27.8. The largest absolute Gasteiger partial charge is 0.493 e. The molecule has 37 heavy (non-hydrogen) atoms. The van der Waals surface area contributed by atoms with Gasteiger partial charge in [-0.05, 0) is 51.1 Å². The van der Waals surface area contributed by atoms with Gasteiger partial charge in [-0.15, -0.1) is 0 Å². The molecule has 0 saturated heterocycles. The predicted octanol–water partition coefficient (Wildman–Crippen LogP) is 3.34. The minimum absolute atomic E-state index is 0.0211. The number of carboxylic acids is 1. The standard InChI is InChI=1S/C24H33N3O6.C2H4O2/c1-4-30-20-14-18(19(33-13-7-12-28)15-21(20)31-5-2)22(24(29)32-6-3)27-17-10-8-16(9-11-17)23(25)26;1-2(3)4/h8-11,14-15,22,27-28H,4-7,12-13H2,1-3H3,(H3,25,26);1H3,(H,3,4). The normalized spacial score (nSPS) is 10.8. The number of hydrogen-bond acceptors (Lipinski definition) is 9. The molecule has 0 fully saturated rings. The van der Waals surface area contributed by atoms with Crippen molar-refractivity contribution in [3.63, 3.8) is 0 Å². The number of ether oxygens (including phenoxy) is 4. The summed E-state index contributed by atoms with van der Waals surface area (Å²) in [4.78, 5) is 22.0. The number of anilines is 1. The van der Waals surface area contributed by atoms with Gasteiger partial charge in [-0.1, -0.05) is 0 Å². The van der Waals surface area contributed by atoms with Crippen LogP contribution < -0.4 is 25.3 Å². The van der Waals surface area contributed by atoms with Crippen molar-refractivity contribution in [3.05, 3.63) is 47.5 Å². The lowest BCUT2D eigenvalue weighted by Gasteiger charge is -2.23. The summed E-state index contributed by atoms with van der Waals surface area (Å²) in [5.74, 6) is 0.0198. The number of carboxylic acid groups (broad SMARTS) is 1. The second-order valence-electron chi connectivity index (χ2n) is 7.47. The number of nitrogens with two attached hydrogens (primary N) is 1. The maximum absolute atomic E-state index is 13.0. The fraction of sp³-hybridized carbons (Fsp3) is 0.423. The Kier molecular flexibility index (Phi) is 14.0. The van der Waals surface area contributed by atoms with E-state index in [1.807, 2.05) is 13.8 Å². The van der Waals surface area contributed by atoms with Gasteiger partial charge in [0.15, 0.2) is 17.5 Å². The summed E-state index contributed by atoms with van der Waals surface area (Å²) >= 11 is 0. The fourth-order valence-corrected chi connectivity index (χ4v) is 3.09. The third-order valence-electron chi connectivity index (χ3n) is 4.58. The number of nitrogen functional groups attached to an aromatic ring is 1. The van der Waals surface area contributed by atoms with Gasteiger partial charge in [-0.25, -0.2) is 4.79 Å². The zero-order valence-electron chi connectivity index (χ0n) is 21.7. The van der Waals surface area contributed by atoms with Crippen LogP contribution in [-0.4, -0.2) is 61.0 Å². The molecule has 6 N–H and O–H groups in total. The molecule has 0 radical (unpaired) electrons. The summed E-state index contributed by atoms with van der Waals surface area (Å²) in [7, 11) is 0. The van der Waals surface area contributed by atoms with E-state index in [0.717, 1.165) is 6.92 Å². The van der Waals surface area contributed by atoms with Gasteiger partial charge >= 0.3 is 5.97 Å². The van der Waals surface area contributed by atoms with E-state index in [2.05, 4.69) is 5.32 Å². The number of carbonyl (C=O) groups is 2. The van der Waals surface area contributed by atoms with Gasteiger partial charge in [0.05, 0.1) is 26.4 Å². The first kappa shape index (κ1) is 31.0. The Bertz CT molecular complexity index is 1010. The van der Waals surface area contributed by atoms with Crippen molar-refractivity contribution in [2.24, 2.45) is 5.73 Å². The lowest BCUT2D eigenvalue weighted by molar-refractivity contribution is -0.144. The number of hydrogen-bond donors (Lipinski definition) is 5. The molecule has 11 nitrogen and oxygen atoms in total. The second-order valence-corrected chi connectivity index (χ2v) is 7.47. The first-order valence-electron chi connectivity index (χ1n) is 11.9. The molecule has 0 spiro atoms. The number of carbonyl (C=O) groups excluding carboxylic acids is 1. The van der Waals surface area contributed by atoms with Crippen LogP contribution in [0.5, 0.6) is 17.2 Å². The third kappa shape index (κ3) is 10.7. The van der Waals surface area contributed by atoms with Crippen LogP contribution in [0.3, 0.4) is 0 Å². The van der Waals surface area contributed by atoms with Gasteiger partial charge < -0.3 is 40.2 Å². The van der Waals surface area contributed by atoms with Gasteiger partial charge in [0.2, 0.25) is 0 Å². The lowest BCUT2D eigenvalue weighted by atomic mass is 10.0. The number of benzene rings is 2. The molecule has 0 heterocycles. The van der Waals surface area contributed by atoms with Crippen LogP contribution in [-0.2, 0) is 14.3 Å².